The first-order valence-electron chi connectivity index (χ1n) is 4.42. The molecule has 0 saturated carbocycles. The van der Waals surface area contributed by atoms with Gasteiger partial charge in [0.2, 0.25) is 0 Å². The average molecular weight is 225 g/mol. The Morgan fingerprint density at radius 2 is 2.20 bits per heavy atom. The van der Waals surface area contributed by atoms with Crippen LogP contribution in [0.2, 0.25) is 5.02 Å². The third-order valence-electron chi connectivity index (χ3n) is 1.82. The van der Waals surface area contributed by atoms with Crippen LogP contribution >= 0.6 is 11.6 Å². The molecule has 78 valence electrons. The predicted octanol–water partition coefficient (Wildman–Crippen LogP) is 2.61. The SMILES string of the molecule is Cc1noc(OCc2ccccc2Cl)n1. The maximum Gasteiger partial charge on any atom is 0.417 e. The van der Waals surface area contributed by atoms with E-state index in [0.717, 1.165) is 5.56 Å². The molecule has 0 aliphatic carbocycles. The number of aryl methyl sites for hydroxylation is 1. The first-order valence-corrected chi connectivity index (χ1v) is 4.80. The number of halogens is 1. The minimum atomic E-state index is 0.160. The summed E-state index contributed by atoms with van der Waals surface area (Å²) in [5, 5.41) is 4.27. The molecule has 0 saturated heterocycles. The molecule has 0 amide bonds. The van der Waals surface area contributed by atoms with Gasteiger partial charge >= 0.3 is 6.08 Å². The Kier molecular flexibility index (Phi) is 2.87. The number of rotatable bonds is 3. The van der Waals surface area contributed by atoms with E-state index in [4.69, 9.17) is 20.9 Å². The van der Waals surface area contributed by atoms with Crippen LogP contribution in [0.3, 0.4) is 0 Å². The Hall–Kier alpha value is -1.55. The summed E-state index contributed by atoms with van der Waals surface area (Å²) in [4.78, 5) is 3.91. The van der Waals surface area contributed by atoms with Crippen LogP contribution in [0, 0.1) is 6.92 Å². The zero-order valence-corrected chi connectivity index (χ0v) is 8.86. The van der Waals surface area contributed by atoms with Gasteiger partial charge in [0.1, 0.15) is 6.61 Å². The largest absolute Gasteiger partial charge is 0.444 e. The van der Waals surface area contributed by atoms with Gasteiger partial charge < -0.3 is 4.74 Å². The van der Waals surface area contributed by atoms with Crippen LogP contribution < -0.4 is 4.74 Å². The predicted molar refractivity (Wildman–Crippen MR) is 54.8 cm³/mol. The molecule has 1 aromatic heterocycles. The Labute approximate surface area is 91.8 Å². The van der Waals surface area contributed by atoms with E-state index in [1.165, 1.54) is 0 Å². The molecule has 0 fully saturated rings. The van der Waals surface area contributed by atoms with Crippen molar-refractivity contribution in [3.05, 3.63) is 40.7 Å². The molecule has 0 atom stereocenters. The van der Waals surface area contributed by atoms with Crippen molar-refractivity contribution >= 4 is 11.6 Å². The molecular weight excluding hydrogens is 216 g/mol. The molecule has 0 radical (unpaired) electrons. The average Bonchev–Trinajstić information content (AvgIpc) is 2.63. The molecule has 1 aromatic carbocycles. The number of nitrogens with zero attached hydrogens (tertiary/aromatic N) is 2. The first kappa shape index (κ1) is 9.98. The minimum Gasteiger partial charge on any atom is -0.444 e. The van der Waals surface area contributed by atoms with Crippen LogP contribution in [-0.2, 0) is 6.61 Å². The van der Waals surface area contributed by atoms with Crippen molar-refractivity contribution in [3.8, 4) is 6.08 Å². The van der Waals surface area contributed by atoms with Crippen LogP contribution in [0.5, 0.6) is 6.08 Å². The van der Waals surface area contributed by atoms with Gasteiger partial charge in [-0.05, 0) is 13.0 Å². The summed E-state index contributed by atoms with van der Waals surface area (Å²) < 4.78 is 10.1. The summed E-state index contributed by atoms with van der Waals surface area (Å²) in [5.41, 5.74) is 0.884. The van der Waals surface area contributed by atoms with Crippen molar-refractivity contribution < 1.29 is 9.26 Å². The fraction of sp³-hybridized carbons (Fsp3) is 0.200. The van der Waals surface area contributed by atoms with Crippen LogP contribution in [0.1, 0.15) is 11.4 Å². The maximum atomic E-state index is 5.95. The Bertz CT molecular complexity index is 456. The number of ether oxygens (including phenoxy) is 1. The maximum absolute atomic E-state index is 5.95. The van der Waals surface area contributed by atoms with E-state index in [1.807, 2.05) is 18.2 Å². The van der Waals surface area contributed by atoms with Crippen molar-refractivity contribution in [2.75, 3.05) is 0 Å². The van der Waals surface area contributed by atoms with E-state index in [0.29, 0.717) is 17.5 Å². The van der Waals surface area contributed by atoms with Gasteiger partial charge in [0.15, 0.2) is 5.82 Å². The lowest BCUT2D eigenvalue weighted by atomic mass is 10.2. The number of benzene rings is 1. The molecule has 0 spiro atoms. The normalized spacial score (nSPS) is 10.3. The van der Waals surface area contributed by atoms with Gasteiger partial charge in [0, 0.05) is 10.6 Å². The molecule has 2 rings (SSSR count). The van der Waals surface area contributed by atoms with E-state index in [-0.39, 0.29) is 6.08 Å². The van der Waals surface area contributed by atoms with Crippen molar-refractivity contribution in [2.24, 2.45) is 0 Å². The summed E-state index contributed by atoms with van der Waals surface area (Å²) in [7, 11) is 0. The number of hydrogen-bond acceptors (Lipinski definition) is 4. The van der Waals surface area contributed by atoms with Crippen LogP contribution in [0.4, 0.5) is 0 Å². The second-order valence-corrected chi connectivity index (χ2v) is 3.39. The molecule has 0 aliphatic rings. The molecule has 0 bridgehead atoms. The lowest BCUT2D eigenvalue weighted by molar-refractivity contribution is 0.195. The van der Waals surface area contributed by atoms with E-state index >= 15 is 0 Å². The Morgan fingerprint density at radius 3 is 2.87 bits per heavy atom. The van der Waals surface area contributed by atoms with Crippen molar-refractivity contribution in [1.29, 1.82) is 0 Å². The number of aromatic nitrogens is 2. The number of hydrogen-bond donors (Lipinski definition) is 0. The molecule has 0 aliphatic heterocycles. The van der Waals surface area contributed by atoms with Gasteiger partial charge in [-0.3, -0.25) is 4.52 Å². The molecule has 1 heterocycles. The molecule has 5 heteroatoms. The van der Waals surface area contributed by atoms with E-state index < -0.39 is 0 Å². The summed E-state index contributed by atoms with van der Waals surface area (Å²) in [6.07, 6.45) is 0.160. The van der Waals surface area contributed by atoms with E-state index in [9.17, 15) is 0 Å². The molecule has 4 nitrogen and oxygen atoms in total. The van der Waals surface area contributed by atoms with Gasteiger partial charge in [-0.15, -0.1) is 0 Å². The monoisotopic (exact) mass is 224 g/mol. The third kappa shape index (κ3) is 2.47. The van der Waals surface area contributed by atoms with Gasteiger partial charge in [0.25, 0.3) is 0 Å². The highest BCUT2D eigenvalue weighted by Gasteiger charge is 2.05. The molecule has 0 unspecified atom stereocenters. The van der Waals surface area contributed by atoms with Crippen LogP contribution in [0.25, 0.3) is 0 Å². The lowest BCUT2D eigenvalue weighted by Gasteiger charge is -2.02. The highest BCUT2D eigenvalue weighted by molar-refractivity contribution is 6.31. The van der Waals surface area contributed by atoms with Gasteiger partial charge in [0.05, 0.1) is 0 Å². The third-order valence-corrected chi connectivity index (χ3v) is 2.19. The smallest absolute Gasteiger partial charge is 0.417 e. The highest BCUT2D eigenvalue weighted by atomic mass is 35.5. The second-order valence-electron chi connectivity index (χ2n) is 2.99. The van der Waals surface area contributed by atoms with Gasteiger partial charge in [-0.2, -0.15) is 4.98 Å². The zero-order valence-electron chi connectivity index (χ0n) is 8.11. The van der Waals surface area contributed by atoms with Gasteiger partial charge in [-0.25, -0.2) is 0 Å². The summed E-state index contributed by atoms with van der Waals surface area (Å²) in [6.45, 7) is 2.05. The van der Waals surface area contributed by atoms with Crippen molar-refractivity contribution in [1.82, 2.24) is 10.1 Å². The van der Waals surface area contributed by atoms with Crippen LogP contribution in [-0.4, -0.2) is 10.1 Å². The molecule has 2 aromatic rings. The van der Waals surface area contributed by atoms with E-state index in [1.54, 1.807) is 13.0 Å². The van der Waals surface area contributed by atoms with Crippen molar-refractivity contribution in [2.45, 2.75) is 13.5 Å². The molecular formula is C10H9ClN2O2. The first-order chi connectivity index (χ1) is 7.25. The topological polar surface area (TPSA) is 48.2 Å². The Balaban J connectivity index is 2.02. The summed E-state index contributed by atoms with van der Waals surface area (Å²) in [6, 6.07) is 7.44. The second kappa shape index (κ2) is 4.31. The highest BCUT2D eigenvalue weighted by Crippen LogP contribution is 2.17. The fourth-order valence-corrected chi connectivity index (χ4v) is 1.28. The van der Waals surface area contributed by atoms with E-state index in [2.05, 4.69) is 10.1 Å². The van der Waals surface area contributed by atoms with Crippen molar-refractivity contribution in [3.63, 3.8) is 0 Å². The quantitative estimate of drug-likeness (QED) is 0.804. The Morgan fingerprint density at radius 1 is 1.40 bits per heavy atom. The fourth-order valence-electron chi connectivity index (χ4n) is 1.09. The van der Waals surface area contributed by atoms with Gasteiger partial charge in [-0.1, -0.05) is 35.0 Å². The summed E-state index contributed by atoms with van der Waals surface area (Å²) >= 11 is 5.95. The zero-order chi connectivity index (χ0) is 10.7. The minimum absolute atomic E-state index is 0.160. The summed E-state index contributed by atoms with van der Waals surface area (Å²) in [5.74, 6) is 0.546. The molecule has 15 heavy (non-hydrogen) atoms. The lowest BCUT2D eigenvalue weighted by Crippen LogP contribution is -1.96. The standard InChI is InChI=1S/C10H9ClN2O2/c1-7-12-10(15-13-7)14-6-8-4-2-3-5-9(8)11/h2-5H,6H2,1H3. The molecule has 0 N–H and O–H groups in total. The van der Waals surface area contributed by atoms with Crippen LogP contribution in [0.15, 0.2) is 28.8 Å².